The maximum atomic E-state index is 14.2. The van der Waals surface area contributed by atoms with Gasteiger partial charge in [-0.25, -0.2) is 24.8 Å². The van der Waals surface area contributed by atoms with Crippen LogP contribution in [-0.4, -0.2) is 280 Å². The van der Waals surface area contributed by atoms with Gasteiger partial charge in [0.2, 0.25) is 17.5 Å². The molecule has 26 nitrogen and oxygen atoms in total. The first-order valence-corrected chi connectivity index (χ1v) is 50.3. The van der Waals surface area contributed by atoms with Crippen molar-refractivity contribution in [3.05, 3.63) is 119 Å². The largest absolute Gasteiger partial charge is 0.439 e. The molecule has 9 aliphatic heterocycles. The molecule has 2 bridgehead atoms. The maximum Gasteiger partial charge on any atom is 0.405 e. The second kappa shape index (κ2) is 45.5. The van der Waals surface area contributed by atoms with Crippen molar-refractivity contribution in [3.63, 3.8) is 0 Å². The normalized spacial score (nSPS) is 28.8. The summed E-state index contributed by atoms with van der Waals surface area (Å²) in [6.45, 7) is 24.1. The summed E-state index contributed by atoms with van der Waals surface area (Å²) in [6, 6.07) is 24.3. The Morgan fingerprint density at radius 3 is 1.59 bits per heavy atom. The molecule has 10 N–H and O–H groups in total. The number of carbonyl (C=O) groups excluding carboxylic acids is 5. The Balaban J connectivity index is 0.501. The lowest BCUT2D eigenvalue weighted by Gasteiger charge is -2.44. The Kier molecular flexibility index (Phi) is 34.9. The Morgan fingerprint density at radius 2 is 1.09 bits per heavy atom. The van der Waals surface area contributed by atoms with Crippen molar-refractivity contribution in [1.29, 1.82) is 0 Å². The smallest absolute Gasteiger partial charge is 0.405 e. The molecule has 4 saturated heterocycles. The number of hydrogen-bond acceptors (Lipinski definition) is 26. The van der Waals surface area contributed by atoms with Crippen LogP contribution in [0.2, 0.25) is 5.04 Å². The van der Waals surface area contributed by atoms with Crippen LogP contribution in [0.15, 0.2) is 139 Å². The zero-order valence-corrected chi connectivity index (χ0v) is 76.6. The highest BCUT2D eigenvalue weighted by Gasteiger charge is 2.51. The molecule has 121 heavy (non-hydrogen) atoms. The summed E-state index contributed by atoms with van der Waals surface area (Å²) in [4.78, 5) is 97.7. The molecular weight excluding hydrogens is 1600 g/mol. The first kappa shape index (κ1) is 92.8. The number of nitrogens with zero attached hydrogens (tertiary/aromatic N) is 8. The zero-order valence-electron chi connectivity index (χ0n) is 73.2. The van der Waals surface area contributed by atoms with E-state index in [0.29, 0.717) is 68.3 Å². The van der Waals surface area contributed by atoms with Crippen molar-refractivity contribution in [2.24, 2.45) is 37.5 Å². The SMILES string of the molecule is CO[C@H]1/C=C\C=C(/C)C(=O)NC2=CC(=O)C(NCCCCCCCCCCC(=O)NC[C@H]3CCN4CC[C@H](CSC[C@H]5CCN6CC[C@H](CSC[C@H]7CCN8CC[C@H](CSC[C@H]9CCN%10CC[C@H](CO[Si](c%11ccccc%11)(c%11ccccc%11)C(C)(C)C)N=C%10N9)N=C8N7)N=C6N5)N=C4N3)=C(C[C@@H](C)C[C@H](OC)[C@H](O)[C@@H](C)/C=C(\C)[C@@H]1OC(N)=O)C2=O. The van der Waals surface area contributed by atoms with Crippen molar-refractivity contribution >= 4 is 107 Å². The summed E-state index contributed by atoms with van der Waals surface area (Å²) in [5.41, 5.74) is 6.67. The van der Waals surface area contributed by atoms with Gasteiger partial charge in [-0.1, -0.05) is 158 Å². The molecule has 9 heterocycles. The van der Waals surface area contributed by atoms with Crippen molar-refractivity contribution in [2.45, 2.75) is 248 Å². The molecule has 3 amide bonds. The molecule has 0 unspecified atom stereocenters. The van der Waals surface area contributed by atoms with Crippen molar-refractivity contribution in [3.8, 4) is 0 Å². The van der Waals surface area contributed by atoms with Gasteiger partial charge in [0.25, 0.3) is 14.2 Å². The number of ether oxygens (including phenoxy) is 3. The first-order chi connectivity index (χ1) is 58.5. The van der Waals surface area contributed by atoms with Gasteiger partial charge in [-0.05, 0) is 118 Å². The fraction of sp³-hybridized carbons (Fsp3) is 0.659. The van der Waals surface area contributed by atoms with E-state index in [2.05, 4.69) is 138 Å². The monoisotopic (exact) mass is 1740 g/mol. The number of fused-ring (bicyclic) bond motifs is 6. The van der Waals surface area contributed by atoms with Gasteiger partial charge in [0.1, 0.15) is 6.10 Å². The lowest BCUT2D eigenvalue weighted by Crippen LogP contribution is -2.67. The van der Waals surface area contributed by atoms with Crippen molar-refractivity contribution < 1.29 is 47.7 Å². The van der Waals surface area contributed by atoms with Gasteiger partial charge in [-0.2, -0.15) is 35.3 Å². The second-order valence-corrected chi connectivity index (χ2v) is 43.4. The number of benzene rings is 2. The number of Topliss-reactive ketones (excluding diaryl/α,β-unsaturated/α-hetero) is 1. The number of primary amides is 1. The molecule has 14 atom stereocenters. The molecule has 0 aromatic heterocycles. The molecule has 0 saturated carbocycles. The van der Waals surface area contributed by atoms with E-state index in [1.165, 1.54) is 36.7 Å². The number of unbranched alkanes of at least 4 members (excludes halogenated alkanes) is 7. The Morgan fingerprint density at radius 1 is 0.620 bits per heavy atom. The third kappa shape index (κ3) is 25.9. The number of aliphatic hydroxyl groups excluding tert-OH is 1. The van der Waals surface area contributed by atoms with Crippen LogP contribution in [0.1, 0.15) is 170 Å². The van der Waals surface area contributed by atoms with Crippen LogP contribution in [0.4, 0.5) is 4.79 Å². The van der Waals surface area contributed by atoms with Gasteiger partial charge >= 0.3 is 6.09 Å². The summed E-state index contributed by atoms with van der Waals surface area (Å²) in [5, 5.41) is 38.7. The number of aliphatic hydroxyl groups is 1. The average Bonchev–Trinajstić information content (AvgIpc) is 0.753. The number of rotatable bonds is 34. The van der Waals surface area contributed by atoms with Crippen LogP contribution in [-0.2, 0) is 37.8 Å². The van der Waals surface area contributed by atoms with Crippen LogP contribution in [0.25, 0.3) is 0 Å². The molecule has 12 rings (SSSR count). The van der Waals surface area contributed by atoms with Gasteiger partial charge in [0, 0.05) is 168 Å². The van der Waals surface area contributed by atoms with E-state index in [1.807, 2.05) is 49.1 Å². The van der Waals surface area contributed by atoms with Crippen LogP contribution in [0.3, 0.4) is 0 Å². The minimum Gasteiger partial charge on any atom is -0.439 e. The minimum atomic E-state index is -2.65. The van der Waals surface area contributed by atoms with Crippen LogP contribution in [0.5, 0.6) is 0 Å². The van der Waals surface area contributed by atoms with Crippen LogP contribution in [0, 0.1) is 11.8 Å². The van der Waals surface area contributed by atoms with Gasteiger partial charge in [0.15, 0.2) is 29.9 Å². The molecule has 2 aromatic carbocycles. The fourth-order valence-electron chi connectivity index (χ4n) is 18.4. The number of hydrogen-bond donors (Lipinski definition) is 9. The Hall–Kier alpha value is -7.32. The van der Waals surface area contributed by atoms with Crippen molar-refractivity contribution in [2.75, 3.05) is 121 Å². The number of guanidine groups is 4. The second-order valence-electron chi connectivity index (χ2n) is 35.9. The molecule has 0 spiro atoms. The summed E-state index contributed by atoms with van der Waals surface area (Å²) < 4.78 is 24.3. The fourth-order valence-corrected chi connectivity index (χ4v) is 26.5. The number of carbonyl (C=O) groups is 5. The van der Waals surface area contributed by atoms with Gasteiger partial charge in [-0.15, -0.1) is 0 Å². The molecule has 30 heteroatoms. The number of aliphatic imine (C=N–C) groups is 4. The topological polar surface area (TPSA) is 315 Å². The first-order valence-electron chi connectivity index (χ1n) is 44.9. The highest BCUT2D eigenvalue weighted by atomic mass is 32.2. The highest BCUT2D eigenvalue weighted by Crippen LogP contribution is 2.38. The van der Waals surface area contributed by atoms with Gasteiger partial charge in [0.05, 0.1) is 54.4 Å². The third-order valence-corrected chi connectivity index (χ3v) is 34.2. The highest BCUT2D eigenvalue weighted by molar-refractivity contribution is 7.99. The van der Waals surface area contributed by atoms with Gasteiger partial charge in [-0.3, -0.25) is 19.2 Å². The van der Waals surface area contributed by atoms with E-state index < -0.39 is 62.2 Å². The number of nitrogens with two attached hydrogens (primary N) is 1. The number of ketones is 2. The maximum absolute atomic E-state index is 14.2. The lowest BCUT2D eigenvalue weighted by molar-refractivity contribution is -0.121. The van der Waals surface area contributed by atoms with Crippen LogP contribution >= 0.6 is 35.3 Å². The molecule has 664 valence electrons. The van der Waals surface area contributed by atoms with E-state index in [0.717, 1.165) is 213 Å². The van der Waals surface area contributed by atoms with E-state index in [1.54, 1.807) is 32.1 Å². The predicted octanol–water partition coefficient (Wildman–Crippen LogP) is 8.92. The number of methoxy groups -OCH3 is 2. The third-order valence-electron chi connectivity index (χ3n) is 25.4. The molecule has 1 aliphatic carbocycles. The number of amides is 3. The minimum absolute atomic E-state index is 0.0689. The molecule has 4 fully saturated rings. The van der Waals surface area contributed by atoms with E-state index in [-0.39, 0.29) is 63.9 Å². The average molecular weight is 1740 g/mol. The van der Waals surface area contributed by atoms with Crippen molar-refractivity contribution in [1.82, 2.24) is 56.8 Å². The van der Waals surface area contributed by atoms with E-state index in [4.69, 9.17) is 44.3 Å². The summed E-state index contributed by atoms with van der Waals surface area (Å²) in [6.07, 6.45) is 20.7. The van der Waals surface area contributed by atoms with Gasteiger partial charge < -0.3 is 86.3 Å². The number of thioether (sulfide) groups is 3. The summed E-state index contributed by atoms with van der Waals surface area (Å²) >= 11 is 6.11. The Bertz CT molecular complexity index is 4050. The summed E-state index contributed by atoms with van der Waals surface area (Å²) in [7, 11) is 0.319. The molecule has 0 radical (unpaired) electrons. The summed E-state index contributed by atoms with van der Waals surface area (Å²) in [5.74, 6) is 8.42. The molecular formula is C91H138N16O10S3Si. The Labute approximate surface area is 733 Å². The molecule has 2 aromatic rings. The van der Waals surface area contributed by atoms with E-state index in [9.17, 15) is 29.1 Å². The van der Waals surface area contributed by atoms with E-state index >= 15 is 0 Å². The molecule has 10 aliphatic rings. The quantitative estimate of drug-likeness (QED) is 0.0137. The number of allylic oxidation sites excluding steroid dienone is 4. The predicted molar refractivity (Wildman–Crippen MR) is 493 cm³/mol. The standard InChI is InChI=1S/C91H138N16O10S3Si/c1-61-49-75-81(77(108)52-76(83(75)111)103-85(112)62(2)25-24-30-78(114-8)84(117-86(92)113)64(4)51-63(3)82(110)79(50-61)115-9)93-40-23-15-13-11-10-12-14-22-31-80(109)94-53-65-32-41-104-43-34-67(97-87(104)95-65)55-118-57-69-36-45-106-47-38-71(101-89(106)99-69)59-120-60-72-39-48-107-46-37-70(100-90(107)102-72)58-119-56-68-35-44-105-42-33-66(96-88(105)98-68)54-116-121(91(5,6)7,73-26-18-16-19-27-73)74-28-20-17-21-29-74/h16-21,24-30,51-52,61,63,65-72,78-79,82,84,93,110H,10-15,22-23,31-50,53-60H2,1-9H3,(H2,92,113)(H,94,109)(H,95,97)(H,96,98)(H,99,101)(H,100,102)(H,103,112)/b30-24-,62-25+,64-51+/t61-,63+,65-,66-,67-,68-,69-,70-,71-,72-,78+,79+,82-,84+/m1/s1. The van der Waals surface area contributed by atoms with Crippen LogP contribution < -0.4 is 53.3 Å². The lowest BCUT2D eigenvalue weighted by atomic mass is 9.85. The zero-order chi connectivity index (χ0) is 85.4. The number of nitrogens with one attached hydrogen (secondary N) is 7.